The smallest absolute Gasteiger partial charge is 0.450 e. The molecular formula is C24H31ClN2O3. The average Bonchev–Trinajstić information content (AvgIpc) is 3.13. The highest BCUT2D eigenvalue weighted by Crippen LogP contribution is 2.31. The number of likely N-dealkylation sites (tertiary alicyclic amines) is 1. The summed E-state index contributed by atoms with van der Waals surface area (Å²) in [5.74, 6) is 0. The molecule has 2 aromatic rings. The van der Waals surface area contributed by atoms with Crippen LogP contribution in [0.5, 0.6) is 0 Å². The highest BCUT2D eigenvalue weighted by molar-refractivity contribution is 6.31. The van der Waals surface area contributed by atoms with Crippen LogP contribution in [0.15, 0.2) is 30.3 Å². The molecule has 1 saturated heterocycles. The summed E-state index contributed by atoms with van der Waals surface area (Å²) < 4.78 is 4.95. The first kappa shape index (κ1) is 22.4. The van der Waals surface area contributed by atoms with Crippen molar-refractivity contribution in [3.8, 4) is 0 Å². The Kier molecular flexibility index (Phi) is 7.27. The van der Waals surface area contributed by atoms with Crippen LogP contribution in [0.4, 0.5) is 10.5 Å². The SMILES string of the molecule is CC[C@@H](Nc1ccc(C)c(CN2CC[C@@H](OC(=O)O)C2)c1C)c1ccc(Cl)c(C)c1. The molecule has 0 unspecified atom stereocenters. The Morgan fingerprint density at radius 3 is 2.70 bits per heavy atom. The van der Waals surface area contributed by atoms with Crippen molar-refractivity contribution in [3.63, 3.8) is 0 Å². The summed E-state index contributed by atoms with van der Waals surface area (Å²) in [7, 11) is 0. The monoisotopic (exact) mass is 430 g/mol. The molecule has 162 valence electrons. The molecule has 2 atom stereocenters. The summed E-state index contributed by atoms with van der Waals surface area (Å²) in [6.07, 6.45) is 0.283. The van der Waals surface area contributed by atoms with Crippen LogP contribution in [-0.4, -0.2) is 35.4 Å². The van der Waals surface area contributed by atoms with Crippen LogP contribution in [0.1, 0.15) is 53.6 Å². The first-order chi connectivity index (χ1) is 14.3. The van der Waals surface area contributed by atoms with Crippen molar-refractivity contribution >= 4 is 23.4 Å². The molecule has 0 bridgehead atoms. The first-order valence-corrected chi connectivity index (χ1v) is 10.9. The Hall–Kier alpha value is -2.24. The minimum atomic E-state index is -1.19. The standard InChI is InChI=1S/C24H31ClN2O3/c1-5-22(18-7-8-21(25)16(3)12-18)26-23-9-6-15(2)20(17(23)4)14-27-11-10-19(13-27)30-24(28)29/h6-9,12,19,22,26H,5,10-11,13-14H2,1-4H3,(H,28,29)/t19-,22-/m1/s1. The molecule has 0 saturated carbocycles. The molecule has 0 aromatic heterocycles. The van der Waals surface area contributed by atoms with E-state index < -0.39 is 6.16 Å². The van der Waals surface area contributed by atoms with Crippen molar-refractivity contribution in [1.29, 1.82) is 0 Å². The Balaban J connectivity index is 1.76. The molecule has 2 N–H and O–H groups in total. The van der Waals surface area contributed by atoms with Gasteiger partial charge in [0.15, 0.2) is 0 Å². The van der Waals surface area contributed by atoms with Crippen molar-refractivity contribution in [2.45, 2.75) is 59.2 Å². The van der Waals surface area contributed by atoms with Crippen molar-refractivity contribution in [2.75, 3.05) is 18.4 Å². The van der Waals surface area contributed by atoms with Gasteiger partial charge < -0.3 is 15.2 Å². The van der Waals surface area contributed by atoms with E-state index in [9.17, 15) is 4.79 Å². The van der Waals surface area contributed by atoms with Gasteiger partial charge in [0.25, 0.3) is 0 Å². The largest absolute Gasteiger partial charge is 0.506 e. The number of ether oxygens (including phenoxy) is 1. The van der Waals surface area contributed by atoms with Gasteiger partial charge >= 0.3 is 6.16 Å². The fourth-order valence-electron chi connectivity index (χ4n) is 4.19. The third-order valence-corrected chi connectivity index (χ3v) is 6.46. The van der Waals surface area contributed by atoms with Crippen molar-refractivity contribution in [2.24, 2.45) is 0 Å². The molecule has 0 spiro atoms. The van der Waals surface area contributed by atoms with Crippen LogP contribution in [0.25, 0.3) is 0 Å². The van der Waals surface area contributed by atoms with E-state index in [1.54, 1.807) is 0 Å². The van der Waals surface area contributed by atoms with Crippen LogP contribution >= 0.6 is 11.6 Å². The molecule has 2 aromatic carbocycles. The number of anilines is 1. The maximum Gasteiger partial charge on any atom is 0.506 e. The van der Waals surface area contributed by atoms with Gasteiger partial charge in [0, 0.05) is 30.3 Å². The van der Waals surface area contributed by atoms with Crippen LogP contribution in [0.2, 0.25) is 5.02 Å². The van der Waals surface area contributed by atoms with E-state index in [4.69, 9.17) is 21.4 Å². The number of carboxylic acid groups (broad SMARTS) is 1. The molecule has 6 heteroatoms. The lowest BCUT2D eigenvalue weighted by molar-refractivity contribution is 0.0548. The van der Waals surface area contributed by atoms with Gasteiger partial charge in [0.2, 0.25) is 0 Å². The first-order valence-electron chi connectivity index (χ1n) is 10.5. The maximum atomic E-state index is 10.8. The second kappa shape index (κ2) is 9.71. The van der Waals surface area contributed by atoms with Crippen LogP contribution in [0.3, 0.4) is 0 Å². The topological polar surface area (TPSA) is 61.8 Å². The molecule has 30 heavy (non-hydrogen) atoms. The van der Waals surface area contributed by atoms with Crippen LogP contribution in [-0.2, 0) is 11.3 Å². The summed E-state index contributed by atoms with van der Waals surface area (Å²) in [6, 6.07) is 10.7. The number of halogens is 1. The number of aryl methyl sites for hydroxylation is 2. The van der Waals surface area contributed by atoms with E-state index in [0.29, 0.717) is 6.54 Å². The van der Waals surface area contributed by atoms with Crippen LogP contribution in [0, 0.1) is 20.8 Å². The van der Waals surface area contributed by atoms with E-state index in [-0.39, 0.29) is 12.1 Å². The molecule has 0 radical (unpaired) electrons. The van der Waals surface area contributed by atoms with Gasteiger partial charge in [-0.15, -0.1) is 0 Å². The van der Waals surface area contributed by atoms with Crippen molar-refractivity contribution in [3.05, 3.63) is 63.2 Å². The number of nitrogens with zero attached hydrogens (tertiary/aromatic N) is 1. The van der Waals surface area contributed by atoms with Crippen LogP contribution < -0.4 is 5.32 Å². The highest BCUT2D eigenvalue weighted by atomic mass is 35.5. The third-order valence-electron chi connectivity index (χ3n) is 6.03. The van der Waals surface area contributed by atoms with Gasteiger partial charge in [0.05, 0.1) is 6.04 Å². The van der Waals surface area contributed by atoms with Gasteiger partial charge in [-0.25, -0.2) is 4.79 Å². The third kappa shape index (κ3) is 5.27. The average molecular weight is 431 g/mol. The zero-order valence-electron chi connectivity index (χ0n) is 18.2. The lowest BCUT2D eigenvalue weighted by Gasteiger charge is -2.24. The Morgan fingerprint density at radius 2 is 2.03 bits per heavy atom. The van der Waals surface area contributed by atoms with Gasteiger partial charge in [-0.05, 0) is 73.6 Å². The summed E-state index contributed by atoms with van der Waals surface area (Å²) >= 11 is 6.20. The Labute approximate surface area is 184 Å². The molecule has 1 heterocycles. The number of hydrogen-bond donors (Lipinski definition) is 2. The second-order valence-corrected chi connectivity index (χ2v) is 8.58. The summed E-state index contributed by atoms with van der Waals surface area (Å²) in [4.78, 5) is 13.1. The lowest BCUT2D eigenvalue weighted by Crippen LogP contribution is -2.25. The Morgan fingerprint density at radius 1 is 1.27 bits per heavy atom. The summed E-state index contributed by atoms with van der Waals surface area (Å²) in [5.41, 5.74) is 7.22. The zero-order valence-corrected chi connectivity index (χ0v) is 18.9. The highest BCUT2D eigenvalue weighted by Gasteiger charge is 2.26. The molecule has 1 aliphatic rings. The minimum Gasteiger partial charge on any atom is -0.450 e. The van der Waals surface area contributed by atoms with Gasteiger partial charge in [-0.3, -0.25) is 4.90 Å². The van der Waals surface area contributed by atoms with Gasteiger partial charge in [-0.1, -0.05) is 36.7 Å². The van der Waals surface area contributed by atoms with Crippen molar-refractivity contribution in [1.82, 2.24) is 4.90 Å². The van der Waals surface area contributed by atoms with E-state index >= 15 is 0 Å². The number of benzene rings is 2. The molecular weight excluding hydrogens is 400 g/mol. The van der Waals surface area contributed by atoms with Crippen molar-refractivity contribution < 1.29 is 14.6 Å². The molecule has 1 aliphatic heterocycles. The quantitative estimate of drug-likeness (QED) is 0.520. The normalized spacial score (nSPS) is 17.7. The maximum absolute atomic E-state index is 10.8. The summed E-state index contributed by atoms with van der Waals surface area (Å²) in [5, 5.41) is 13.4. The van der Waals surface area contributed by atoms with E-state index in [1.807, 2.05) is 13.0 Å². The lowest BCUT2D eigenvalue weighted by atomic mass is 9.98. The predicted molar refractivity (Wildman–Crippen MR) is 122 cm³/mol. The Bertz CT molecular complexity index is 916. The molecule has 1 fully saturated rings. The second-order valence-electron chi connectivity index (χ2n) is 8.18. The predicted octanol–water partition coefficient (Wildman–Crippen LogP) is 6.10. The van der Waals surface area contributed by atoms with E-state index in [2.05, 4.69) is 55.3 Å². The van der Waals surface area contributed by atoms with E-state index in [0.717, 1.165) is 42.2 Å². The molecule has 5 nitrogen and oxygen atoms in total. The number of hydrogen-bond acceptors (Lipinski definition) is 4. The number of nitrogens with one attached hydrogen (secondary N) is 1. The number of rotatable bonds is 7. The molecule has 0 amide bonds. The van der Waals surface area contributed by atoms with E-state index in [1.165, 1.54) is 22.3 Å². The molecule has 3 rings (SSSR count). The fraction of sp³-hybridized carbons (Fsp3) is 0.458. The zero-order chi connectivity index (χ0) is 21.8. The minimum absolute atomic E-state index is 0.204. The fourth-order valence-corrected chi connectivity index (χ4v) is 4.31. The number of carbonyl (C=O) groups is 1. The summed E-state index contributed by atoms with van der Waals surface area (Å²) in [6.45, 7) is 10.8. The molecule has 0 aliphatic carbocycles. The van der Waals surface area contributed by atoms with Gasteiger partial charge in [0.1, 0.15) is 6.10 Å². The van der Waals surface area contributed by atoms with Gasteiger partial charge in [-0.2, -0.15) is 0 Å².